The molecule has 4 nitrogen and oxygen atoms in total. The summed E-state index contributed by atoms with van der Waals surface area (Å²) < 4.78 is 0. The first-order valence-corrected chi connectivity index (χ1v) is 7.05. The number of hydrogen-bond acceptors (Lipinski definition) is 3. The third-order valence-corrected chi connectivity index (χ3v) is 3.13. The van der Waals surface area contributed by atoms with Gasteiger partial charge < -0.3 is 5.32 Å². The maximum atomic E-state index is 11.6. The Kier molecular flexibility index (Phi) is 5.21. The van der Waals surface area contributed by atoms with Gasteiger partial charge in [-0.25, -0.2) is 9.97 Å². The molecule has 0 radical (unpaired) electrons. The summed E-state index contributed by atoms with van der Waals surface area (Å²) in [5.74, 6) is 0.577. The minimum Gasteiger partial charge on any atom is -0.350 e. The van der Waals surface area contributed by atoms with Gasteiger partial charge in [0.05, 0.1) is 0 Å². The molecule has 0 saturated carbocycles. The van der Waals surface area contributed by atoms with Crippen molar-refractivity contribution in [1.82, 2.24) is 15.3 Å². The molecule has 0 bridgehead atoms. The predicted molar refractivity (Wildman–Crippen MR) is 84.4 cm³/mol. The second kappa shape index (κ2) is 7.33. The van der Waals surface area contributed by atoms with Gasteiger partial charge in [0.25, 0.3) is 0 Å². The van der Waals surface area contributed by atoms with Crippen molar-refractivity contribution < 1.29 is 4.79 Å². The first-order valence-electron chi connectivity index (χ1n) is 7.05. The van der Waals surface area contributed by atoms with Crippen LogP contribution in [0.15, 0.2) is 48.8 Å². The van der Waals surface area contributed by atoms with Crippen molar-refractivity contribution in [2.75, 3.05) is 0 Å². The van der Waals surface area contributed by atoms with Gasteiger partial charge in [0.2, 0.25) is 5.91 Å². The average Bonchev–Trinajstić information content (AvgIpc) is 2.54. The molecule has 1 aromatic heterocycles. The van der Waals surface area contributed by atoms with Gasteiger partial charge >= 0.3 is 0 Å². The summed E-state index contributed by atoms with van der Waals surface area (Å²) >= 11 is 0. The number of benzene rings is 1. The van der Waals surface area contributed by atoms with E-state index < -0.39 is 0 Å². The van der Waals surface area contributed by atoms with Crippen LogP contribution in [-0.4, -0.2) is 21.9 Å². The fraction of sp³-hybridized carbons (Fsp3) is 0.235. The quantitative estimate of drug-likeness (QED) is 0.857. The van der Waals surface area contributed by atoms with Crippen LogP contribution in [0.1, 0.15) is 25.8 Å². The number of hydrogen-bond donors (Lipinski definition) is 1. The van der Waals surface area contributed by atoms with E-state index >= 15 is 0 Å². The van der Waals surface area contributed by atoms with E-state index in [0.717, 1.165) is 17.5 Å². The van der Waals surface area contributed by atoms with Gasteiger partial charge in [-0.05, 0) is 19.4 Å². The molecule has 1 aromatic carbocycles. The minimum atomic E-state index is -0.100. The van der Waals surface area contributed by atoms with Gasteiger partial charge in [-0.15, -0.1) is 0 Å². The lowest BCUT2D eigenvalue weighted by Gasteiger charge is -2.08. The number of carbonyl (C=O) groups excluding carboxylic acids is 1. The highest BCUT2D eigenvalue weighted by Gasteiger charge is 2.02. The number of aromatic nitrogens is 2. The normalized spacial score (nSPS) is 12.3. The summed E-state index contributed by atoms with van der Waals surface area (Å²) in [7, 11) is 0. The molecule has 21 heavy (non-hydrogen) atoms. The molecular formula is C17H19N3O. The highest BCUT2D eigenvalue weighted by atomic mass is 16.1. The monoisotopic (exact) mass is 281 g/mol. The summed E-state index contributed by atoms with van der Waals surface area (Å²) in [5.41, 5.74) is 1.77. The molecule has 0 saturated heterocycles. The van der Waals surface area contributed by atoms with E-state index in [4.69, 9.17) is 0 Å². The highest BCUT2D eigenvalue weighted by Crippen LogP contribution is 2.13. The second-order valence-corrected chi connectivity index (χ2v) is 4.86. The molecule has 0 fully saturated rings. The summed E-state index contributed by atoms with van der Waals surface area (Å²) in [6, 6.07) is 9.96. The summed E-state index contributed by atoms with van der Waals surface area (Å²) in [5, 5.41) is 2.87. The van der Waals surface area contributed by atoms with Crippen LogP contribution in [0.25, 0.3) is 17.5 Å². The number of nitrogens with one attached hydrogen (secondary N) is 1. The van der Waals surface area contributed by atoms with E-state index in [2.05, 4.69) is 15.3 Å². The number of rotatable bonds is 5. The van der Waals surface area contributed by atoms with Gasteiger partial charge in [0.1, 0.15) is 0 Å². The van der Waals surface area contributed by atoms with Crippen molar-refractivity contribution in [1.29, 1.82) is 0 Å². The maximum Gasteiger partial charge on any atom is 0.244 e. The van der Waals surface area contributed by atoms with E-state index in [1.54, 1.807) is 18.5 Å². The van der Waals surface area contributed by atoms with Crippen LogP contribution in [0.5, 0.6) is 0 Å². The molecule has 108 valence electrons. The molecule has 0 aliphatic carbocycles. The van der Waals surface area contributed by atoms with Gasteiger partial charge in [0, 0.05) is 35.6 Å². The molecule has 0 aliphatic rings. The van der Waals surface area contributed by atoms with Crippen LogP contribution in [0.3, 0.4) is 0 Å². The summed E-state index contributed by atoms with van der Waals surface area (Å²) in [6.07, 6.45) is 7.55. The predicted octanol–water partition coefficient (Wildman–Crippen LogP) is 3.07. The third-order valence-electron chi connectivity index (χ3n) is 3.13. The smallest absolute Gasteiger partial charge is 0.244 e. The third kappa shape index (κ3) is 4.53. The van der Waals surface area contributed by atoms with E-state index in [-0.39, 0.29) is 11.9 Å². The van der Waals surface area contributed by atoms with Crippen LogP contribution < -0.4 is 5.32 Å². The van der Waals surface area contributed by atoms with Crippen molar-refractivity contribution in [2.24, 2.45) is 0 Å². The Balaban J connectivity index is 2.01. The zero-order valence-electron chi connectivity index (χ0n) is 12.3. The molecular weight excluding hydrogens is 262 g/mol. The molecule has 1 unspecified atom stereocenters. The van der Waals surface area contributed by atoms with Crippen LogP contribution in [0.4, 0.5) is 0 Å². The first-order chi connectivity index (χ1) is 10.2. The van der Waals surface area contributed by atoms with Gasteiger partial charge in [0.15, 0.2) is 5.82 Å². The van der Waals surface area contributed by atoms with Crippen molar-refractivity contribution in [2.45, 2.75) is 26.3 Å². The van der Waals surface area contributed by atoms with E-state index in [1.807, 2.05) is 44.2 Å². The molecule has 2 rings (SSSR count). The Morgan fingerprint density at radius 1 is 1.24 bits per heavy atom. The Bertz CT molecular complexity index is 606. The fourth-order valence-electron chi connectivity index (χ4n) is 1.73. The minimum absolute atomic E-state index is 0.100. The van der Waals surface area contributed by atoms with Gasteiger partial charge in [-0.3, -0.25) is 4.79 Å². The van der Waals surface area contributed by atoms with E-state index in [1.165, 1.54) is 6.08 Å². The Hall–Kier alpha value is -2.49. The fourth-order valence-corrected chi connectivity index (χ4v) is 1.73. The lowest BCUT2D eigenvalue weighted by atomic mass is 10.2. The topological polar surface area (TPSA) is 54.9 Å². The molecule has 1 amide bonds. The van der Waals surface area contributed by atoms with E-state index in [0.29, 0.717) is 5.82 Å². The van der Waals surface area contributed by atoms with Crippen molar-refractivity contribution >= 4 is 12.0 Å². The van der Waals surface area contributed by atoms with Gasteiger partial charge in [-0.2, -0.15) is 0 Å². The first kappa shape index (κ1) is 14.9. The molecule has 0 spiro atoms. The number of amides is 1. The maximum absolute atomic E-state index is 11.6. The van der Waals surface area contributed by atoms with Crippen molar-refractivity contribution in [3.05, 3.63) is 54.4 Å². The summed E-state index contributed by atoms with van der Waals surface area (Å²) in [4.78, 5) is 20.3. The van der Waals surface area contributed by atoms with Crippen LogP contribution >= 0.6 is 0 Å². The van der Waals surface area contributed by atoms with Crippen LogP contribution in [0, 0.1) is 0 Å². The average molecular weight is 281 g/mol. The lowest BCUT2D eigenvalue weighted by Crippen LogP contribution is -2.30. The molecule has 2 aromatic rings. The Morgan fingerprint density at radius 3 is 2.52 bits per heavy atom. The largest absolute Gasteiger partial charge is 0.350 e. The van der Waals surface area contributed by atoms with Crippen molar-refractivity contribution in [3.8, 4) is 11.4 Å². The van der Waals surface area contributed by atoms with Crippen LogP contribution in [-0.2, 0) is 4.79 Å². The van der Waals surface area contributed by atoms with Gasteiger partial charge in [-0.1, -0.05) is 37.3 Å². The lowest BCUT2D eigenvalue weighted by molar-refractivity contribution is -0.117. The zero-order valence-corrected chi connectivity index (χ0v) is 12.3. The zero-order chi connectivity index (χ0) is 15.1. The standard InChI is InChI=1S/C17H19N3O/c1-3-13(2)20-16(21)10-9-14-11-18-17(19-12-14)15-7-5-4-6-8-15/h4-13H,3H2,1-2H3,(H,20,21). The molecule has 4 heteroatoms. The molecule has 1 heterocycles. The molecule has 1 N–H and O–H groups in total. The Morgan fingerprint density at radius 2 is 1.90 bits per heavy atom. The SMILES string of the molecule is CCC(C)NC(=O)C=Cc1cnc(-c2ccccc2)nc1. The second-order valence-electron chi connectivity index (χ2n) is 4.86. The number of nitrogens with zero attached hydrogens (tertiary/aromatic N) is 2. The van der Waals surface area contributed by atoms with E-state index in [9.17, 15) is 4.79 Å². The van der Waals surface area contributed by atoms with Crippen molar-refractivity contribution in [3.63, 3.8) is 0 Å². The number of carbonyl (C=O) groups is 1. The van der Waals surface area contributed by atoms with Crippen LogP contribution in [0.2, 0.25) is 0 Å². The summed E-state index contributed by atoms with van der Waals surface area (Å²) in [6.45, 7) is 4.01. The Labute approximate surface area is 125 Å². The molecule has 0 aliphatic heterocycles. The molecule has 1 atom stereocenters. The highest BCUT2D eigenvalue weighted by molar-refractivity contribution is 5.91.